The number of hydrogen-bond acceptors (Lipinski definition) is 8. The third-order valence-corrected chi connectivity index (χ3v) is 12.1. The molecule has 2 heterocycles. The Morgan fingerprint density at radius 2 is 1.35 bits per heavy atom. The molecule has 0 fully saturated rings. The van der Waals surface area contributed by atoms with Crippen LogP contribution in [-0.2, 0) is 20.9 Å². The molecule has 1 aliphatic carbocycles. The van der Waals surface area contributed by atoms with Gasteiger partial charge in [-0.15, -0.1) is 0 Å². The van der Waals surface area contributed by atoms with E-state index in [4.69, 9.17) is 30.5 Å². The Morgan fingerprint density at radius 3 is 1.93 bits per heavy atom. The zero-order valence-electron chi connectivity index (χ0n) is 33.1. The van der Waals surface area contributed by atoms with Crippen molar-refractivity contribution in [1.82, 2.24) is 0 Å². The van der Waals surface area contributed by atoms with Crippen molar-refractivity contribution in [3.63, 3.8) is 0 Å². The highest BCUT2D eigenvalue weighted by atomic mass is 35.5. The molecule has 0 unspecified atom stereocenters. The highest BCUT2D eigenvalue weighted by Crippen LogP contribution is 2.51. The average molecular weight is 775 g/mol. The van der Waals surface area contributed by atoms with Crippen molar-refractivity contribution in [2.45, 2.75) is 69.6 Å². The SMILES string of the molecule is COc1cc2c(cc1OC)C(C)(C)/C(=C/C=C1CCCC(/C=C/C3=[N+](C)c4cc(OC)c(OC)cc4C3(C)C)=C1Cl)N2C.Cc1ccc(S(=O)(=O)[O-])cc1. The molecule has 2 aliphatic heterocycles. The van der Waals surface area contributed by atoms with Gasteiger partial charge in [0.25, 0.3) is 0 Å². The van der Waals surface area contributed by atoms with E-state index in [-0.39, 0.29) is 15.7 Å². The summed E-state index contributed by atoms with van der Waals surface area (Å²) >= 11 is 7.10. The first kappa shape index (κ1) is 40.7. The van der Waals surface area contributed by atoms with Gasteiger partial charge in [-0.05, 0) is 87.1 Å². The van der Waals surface area contributed by atoms with Crippen molar-refractivity contribution >= 4 is 38.8 Å². The van der Waals surface area contributed by atoms with E-state index in [0.29, 0.717) is 0 Å². The summed E-state index contributed by atoms with van der Waals surface area (Å²) in [5.74, 6) is 2.95. The number of halogens is 1. The predicted octanol–water partition coefficient (Wildman–Crippen LogP) is 9.10. The van der Waals surface area contributed by atoms with E-state index in [1.807, 2.05) is 6.92 Å². The van der Waals surface area contributed by atoms with Crippen LogP contribution in [0, 0.1) is 6.92 Å². The summed E-state index contributed by atoms with van der Waals surface area (Å²) in [6, 6.07) is 14.1. The summed E-state index contributed by atoms with van der Waals surface area (Å²) in [4.78, 5) is 2.06. The highest BCUT2D eigenvalue weighted by molar-refractivity contribution is 7.85. The lowest BCUT2D eigenvalue weighted by Crippen LogP contribution is -2.26. The summed E-state index contributed by atoms with van der Waals surface area (Å²) in [6.07, 6.45) is 11.8. The van der Waals surface area contributed by atoms with Gasteiger partial charge in [0.1, 0.15) is 17.2 Å². The molecule has 54 heavy (non-hydrogen) atoms. The summed E-state index contributed by atoms with van der Waals surface area (Å²) in [6.45, 7) is 10.8. The third-order valence-electron chi connectivity index (χ3n) is 10.7. The number of hydrogen-bond donors (Lipinski definition) is 0. The van der Waals surface area contributed by atoms with Gasteiger partial charge in [-0.2, -0.15) is 4.58 Å². The summed E-state index contributed by atoms with van der Waals surface area (Å²) in [5.41, 5.74) is 9.91. The number of aryl methyl sites for hydroxylation is 1. The minimum absolute atomic E-state index is 0.178. The van der Waals surface area contributed by atoms with Crippen molar-refractivity contribution < 1.29 is 36.5 Å². The molecule has 0 aromatic heterocycles. The zero-order valence-corrected chi connectivity index (χ0v) is 34.7. The van der Waals surface area contributed by atoms with Gasteiger partial charge in [0.15, 0.2) is 28.7 Å². The van der Waals surface area contributed by atoms with E-state index in [0.717, 1.165) is 75.4 Å². The number of anilines is 1. The van der Waals surface area contributed by atoms with E-state index < -0.39 is 10.1 Å². The van der Waals surface area contributed by atoms with Crippen LogP contribution in [0.25, 0.3) is 0 Å². The van der Waals surface area contributed by atoms with Crippen LogP contribution in [0.2, 0.25) is 0 Å². The second kappa shape index (κ2) is 15.7. The minimum Gasteiger partial charge on any atom is -0.744 e. The van der Waals surface area contributed by atoms with E-state index in [2.05, 4.69) is 99.8 Å². The van der Waals surface area contributed by atoms with Gasteiger partial charge in [0.05, 0.1) is 44.8 Å². The molecule has 0 atom stereocenters. The fourth-order valence-electron chi connectivity index (χ4n) is 7.58. The smallest absolute Gasteiger partial charge is 0.213 e. The highest BCUT2D eigenvalue weighted by Gasteiger charge is 2.44. The number of allylic oxidation sites excluding steroid dienone is 8. The Balaban J connectivity index is 0.000000438. The molecule has 11 heteroatoms. The van der Waals surface area contributed by atoms with Crippen molar-refractivity contribution in [2.75, 3.05) is 47.4 Å². The first-order chi connectivity index (χ1) is 25.4. The van der Waals surface area contributed by atoms with Gasteiger partial charge >= 0.3 is 0 Å². The van der Waals surface area contributed by atoms with Gasteiger partial charge in [0, 0.05) is 46.6 Å². The second-order valence-electron chi connectivity index (χ2n) is 14.7. The molecular formula is C43H51ClN2O7S. The van der Waals surface area contributed by atoms with Crippen molar-refractivity contribution in [3.8, 4) is 23.0 Å². The number of methoxy groups -OCH3 is 4. The number of rotatable bonds is 8. The van der Waals surface area contributed by atoms with Gasteiger partial charge in [-0.1, -0.05) is 55.3 Å². The molecule has 0 bridgehead atoms. The van der Waals surface area contributed by atoms with Gasteiger partial charge in [0.2, 0.25) is 5.69 Å². The van der Waals surface area contributed by atoms with Crippen LogP contribution in [0.5, 0.6) is 23.0 Å². The second-order valence-corrected chi connectivity index (χ2v) is 16.5. The minimum atomic E-state index is -4.27. The molecule has 0 N–H and O–H groups in total. The molecule has 9 nitrogen and oxygen atoms in total. The third kappa shape index (κ3) is 7.70. The molecule has 3 aromatic carbocycles. The lowest BCUT2D eigenvalue weighted by molar-refractivity contribution is -0.401. The van der Waals surface area contributed by atoms with Gasteiger partial charge in [-0.3, -0.25) is 0 Å². The van der Waals surface area contributed by atoms with Crippen molar-refractivity contribution in [1.29, 1.82) is 0 Å². The fourth-order valence-corrected chi connectivity index (χ4v) is 8.36. The van der Waals surface area contributed by atoms with Crippen molar-refractivity contribution in [3.05, 3.63) is 111 Å². The van der Waals surface area contributed by atoms with Crippen LogP contribution in [0.3, 0.4) is 0 Å². The standard InChI is InChI=1S/C36H44ClN2O4.C7H8O3S/c1-35(2)24-18-28(40-7)30(42-9)20-26(24)38(5)32(35)16-14-22-12-11-13-23(34(22)37)15-17-33-36(3,4)25-19-29(41-8)31(43-10)21-27(25)39(33)6;1-6-2-4-7(5-3-6)11(8,9)10/h14-21H,11-13H2,1-10H3;2-5H,1H3,(H,8,9,10)/q+1;/p-1. The quantitative estimate of drug-likeness (QED) is 0.165. The lowest BCUT2D eigenvalue weighted by Gasteiger charge is -2.24. The molecule has 6 rings (SSSR count). The summed E-state index contributed by atoms with van der Waals surface area (Å²) < 4.78 is 55.8. The number of ether oxygens (including phenoxy) is 4. The van der Waals surface area contributed by atoms with Gasteiger partial charge < -0.3 is 28.4 Å². The number of likely N-dealkylation sites (N-methyl/N-ethyl adjacent to an activating group) is 1. The molecule has 3 aromatic rings. The lowest BCUT2D eigenvalue weighted by atomic mass is 9.81. The Bertz CT molecular complexity index is 2210. The van der Waals surface area contributed by atoms with Crippen molar-refractivity contribution in [2.24, 2.45) is 0 Å². The number of fused-ring (bicyclic) bond motifs is 2. The van der Waals surface area contributed by atoms with E-state index in [9.17, 15) is 13.0 Å². The van der Waals surface area contributed by atoms with Crippen LogP contribution in [0.15, 0.2) is 99.6 Å². The topological polar surface area (TPSA) is 100 Å². The molecule has 0 saturated carbocycles. The Morgan fingerprint density at radius 1 is 0.796 bits per heavy atom. The number of nitrogens with zero attached hydrogens (tertiary/aromatic N) is 2. The molecule has 0 spiro atoms. The monoisotopic (exact) mass is 774 g/mol. The largest absolute Gasteiger partial charge is 0.744 e. The van der Waals surface area contributed by atoms with Gasteiger partial charge in [-0.25, -0.2) is 8.42 Å². The molecule has 288 valence electrons. The van der Waals surface area contributed by atoms with E-state index in [1.54, 1.807) is 40.6 Å². The molecule has 0 radical (unpaired) electrons. The van der Waals surface area contributed by atoms with Crippen LogP contribution >= 0.6 is 11.6 Å². The first-order valence-corrected chi connectivity index (χ1v) is 19.6. The summed E-state index contributed by atoms with van der Waals surface area (Å²) in [7, 11) is 6.65. The van der Waals surface area contributed by atoms with E-state index >= 15 is 0 Å². The first-order valence-electron chi connectivity index (χ1n) is 17.8. The molecule has 0 amide bonds. The normalized spacial score (nSPS) is 18.9. The Hall–Kier alpha value is -4.51. The van der Waals surface area contributed by atoms with Crippen LogP contribution in [0.4, 0.5) is 11.4 Å². The van der Waals surface area contributed by atoms with E-state index in [1.165, 1.54) is 34.7 Å². The molecule has 0 saturated heterocycles. The fraction of sp³-hybridized carbons (Fsp3) is 0.372. The van der Waals surface area contributed by atoms with Crippen LogP contribution in [-0.4, -0.2) is 65.8 Å². The average Bonchev–Trinajstić information content (AvgIpc) is 3.44. The maximum absolute atomic E-state index is 10.4. The summed E-state index contributed by atoms with van der Waals surface area (Å²) in [5, 5.41) is 0.846. The maximum atomic E-state index is 10.4. The maximum Gasteiger partial charge on any atom is 0.213 e. The molecule has 3 aliphatic rings. The molecular weight excluding hydrogens is 724 g/mol. The number of benzene rings is 3. The Kier molecular flexibility index (Phi) is 11.8. The Labute approximate surface area is 325 Å². The zero-order chi connectivity index (χ0) is 39.7. The van der Waals surface area contributed by atoms with Crippen LogP contribution in [0.1, 0.15) is 63.6 Å². The predicted molar refractivity (Wildman–Crippen MR) is 216 cm³/mol. The van der Waals surface area contributed by atoms with Crippen LogP contribution < -0.4 is 23.8 Å².